The van der Waals surface area contributed by atoms with Gasteiger partial charge in [-0.15, -0.1) is 0 Å². The van der Waals surface area contributed by atoms with E-state index in [2.05, 4.69) is 27.2 Å². The fraction of sp³-hybridized carbons (Fsp3) is 0.381. The Kier molecular flexibility index (Phi) is 6.42. The van der Waals surface area contributed by atoms with Crippen molar-refractivity contribution in [2.24, 2.45) is 0 Å². The highest BCUT2D eigenvalue weighted by Crippen LogP contribution is 2.16. The van der Waals surface area contributed by atoms with Crippen LogP contribution in [-0.4, -0.2) is 55.0 Å². The number of methoxy groups -OCH3 is 1. The van der Waals surface area contributed by atoms with Gasteiger partial charge in [0.05, 0.1) is 18.8 Å². The highest BCUT2D eigenvalue weighted by molar-refractivity contribution is 5.94. The summed E-state index contributed by atoms with van der Waals surface area (Å²) in [7, 11) is 1.66. The first-order valence-electron chi connectivity index (χ1n) is 9.21. The van der Waals surface area contributed by atoms with Crippen molar-refractivity contribution in [3.63, 3.8) is 0 Å². The number of ether oxygens (including phenoxy) is 1. The molecule has 144 valence electrons. The van der Waals surface area contributed by atoms with E-state index in [4.69, 9.17) is 4.74 Å². The van der Waals surface area contributed by atoms with Crippen molar-refractivity contribution in [3.8, 4) is 5.75 Å². The summed E-state index contributed by atoms with van der Waals surface area (Å²) in [6.45, 7) is 6.15. The first-order chi connectivity index (χ1) is 13.1. The first kappa shape index (κ1) is 19.3. The fourth-order valence-electron chi connectivity index (χ4n) is 3.26. The number of anilines is 1. The number of hydrogen-bond donors (Lipinski definition) is 1. The highest BCUT2D eigenvalue weighted by atomic mass is 19.1. The minimum Gasteiger partial charge on any atom is -0.497 e. The zero-order chi connectivity index (χ0) is 19.2. The fourth-order valence-corrected chi connectivity index (χ4v) is 3.26. The summed E-state index contributed by atoms with van der Waals surface area (Å²) in [5.74, 6) is 0.268. The summed E-state index contributed by atoms with van der Waals surface area (Å²) >= 11 is 0. The summed E-state index contributed by atoms with van der Waals surface area (Å²) < 4.78 is 18.9. The zero-order valence-corrected chi connectivity index (χ0v) is 15.8. The standard InChI is InChI=1S/C21H26FN3O2/c1-16(21(26)23-20-6-4-3-5-19(20)22)25-13-11-24(12-14-25)15-17-7-9-18(27-2)10-8-17/h3-10,16H,11-15H2,1-2H3,(H,23,26)/t16-/m0/s1. The molecule has 27 heavy (non-hydrogen) atoms. The van der Waals surface area contributed by atoms with Crippen LogP contribution in [-0.2, 0) is 11.3 Å². The Balaban J connectivity index is 1.49. The lowest BCUT2D eigenvalue weighted by molar-refractivity contribution is -0.121. The Hall–Kier alpha value is -2.44. The summed E-state index contributed by atoms with van der Waals surface area (Å²) in [4.78, 5) is 17.0. The number of carbonyl (C=O) groups excluding carboxylic acids is 1. The summed E-state index contributed by atoms with van der Waals surface area (Å²) in [6.07, 6.45) is 0. The van der Waals surface area contributed by atoms with E-state index in [-0.39, 0.29) is 17.6 Å². The maximum atomic E-state index is 13.7. The van der Waals surface area contributed by atoms with Crippen molar-refractivity contribution in [2.75, 3.05) is 38.6 Å². The van der Waals surface area contributed by atoms with Crippen LogP contribution in [0, 0.1) is 5.82 Å². The van der Waals surface area contributed by atoms with Crippen molar-refractivity contribution < 1.29 is 13.9 Å². The maximum Gasteiger partial charge on any atom is 0.241 e. The Morgan fingerprint density at radius 3 is 2.41 bits per heavy atom. The molecule has 2 aromatic carbocycles. The van der Waals surface area contributed by atoms with Crippen LogP contribution in [0.3, 0.4) is 0 Å². The molecule has 1 aliphatic rings. The van der Waals surface area contributed by atoms with Crippen molar-refractivity contribution in [1.82, 2.24) is 9.80 Å². The Morgan fingerprint density at radius 1 is 1.11 bits per heavy atom. The van der Waals surface area contributed by atoms with Gasteiger partial charge in [-0.05, 0) is 36.8 Å². The molecule has 0 aliphatic carbocycles. The minimum absolute atomic E-state index is 0.177. The Bertz CT molecular complexity index is 758. The van der Waals surface area contributed by atoms with Gasteiger partial charge in [0, 0.05) is 32.7 Å². The molecule has 0 radical (unpaired) electrons. The molecule has 6 heteroatoms. The summed E-state index contributed by atoms with van der Waals surface area (Å²) in [5, 5.41) is 2.69. The van der Waals surface area contributed by atoms with E-state index in [1.54, 1.807) is 25.3 Å². The lowest BCUT2D eigenvalue weighted by Gasteiger charge is -2.37. The molecule has 3 rings (SSSR count). The van der Waals surface area contributed by atoms with Gasteiger partial charge in [0.25, 0.3) is 0 Å². The molecule has 1 fully saturated rings. The molecule has 0 saturated carbocycles. The van der Waals surface area contributed by atoms with Crippen LogP contribution in [0.5, 0.6) is 5.75 Å². The average molecular weight is 371 g/mol. The highest BCUT2D eigenvalue weighted by Gasteiger charge is 2.26. The third-order valence-corrected chi connectivity index (χ3v) is 5.03. The molecule has 0 unspecified atom stereocenters. The lowest BCUT2D eigenvalue weighted by Crippen LogP contribution is -2.52. The number of halogens is 1. The van der Waals surface area contributed by atoms with Crippen LogP contribution in [0.2, 0.25) is 0 Å². The normalized spacial score (nSPS) is 16.7. The smallest absolute Gasteiger partial charge is 0.241 e. The van der Waals surface area contributed by atoms with Gasteiger partial charge in [-0.25, -0.2) is 4.39 Å². The number of nitrogens with zero attached hydrogens (tertiary/aromatic N) is 2. The summed E-state index contributed by atoms with van der Waals surface area (Å²) in [6, 6.07) is 14.0. The molecule has 1 aliphatic heterocycles. The predicted octanol–water partition coefficient (Wildman–Crippen LogP) is 2.98. The van der Waals surface area contributed by atoms with Gasteiger partial charge in [0.1, 0.15) is 11.6 Å². The largest absolute Gasteiger partial charge is 0.497 e. The van der Waals surface area contributed by atoms with Crippen molar-refractivity contribution in [2.45, 2.75) is 19.5 Å². The third-order valence-electron chi connectivity index (χ3n) is 5.03. The van der Waals surface area contributed by atoms with Crippen molar-refractivity contribution in [3.05, 3.63) is 59.9 Å². The van der Waals surface area contributed by atoms with E-state index in [0.717, 1.165) is 38.5 Å². The van der Waals surface area contributed by atoms with Crippen LogP contribution in [0.4, 0.5) is 10.1 Å². The van der Waals surface area contributed by atoms with Gasteiger partial charge in [-0.2, -0.15) is 0 Å². The van der Waals surface area contributed by atoms with Crippen molar-refractivity contribution in [1.29, 1.82) is 0 Å². The van der Waals surface area contributed by atoms with Crippen LogP contribution in [0.15, 0.2) is 48.5 Å². The van der Waals surface area contributed by atoms with E-state index in [0.29, 0.717) is 0 Å². The number of rotatable bonds is 6. The van der Waals surface area contributed by atoms with Crippen molar-refractivity contribution >= 4 is 11.6 Å². The maximum absolute atomic E-state index is 13.7. The van der Waals surface area contributed by atoms with E-state index >= 15 is 0 Å². The van der Waals surface area contributed by atoms with E-state index < -0.39 is 5.82 Å². The number of para-hydroxylation sites is 1. The van der Waals surface area contributed by atoms with E-state index in [1.165, 1.54) is 11.6 Å². The van der Waals surface area contributed by atoms with Crippen LogP contribution in [0.1, 0.15) is 12.5 Å². The molecule has 2 aromatic rings. The number of carbonyl (C=O) groups is 1. The van der Waals surface area contributed by atoms with Crippen LogP contribution < -0.4 is 10.1 Å². The number of nitrogens with one attached hydrogen (secondary N) is 1. The van der Waals surface area contributed by atoms with Crippen LogP contribution >= 0.6 is 0 Å². The molecule has 0 spiro atoms. The second-order valence-corrected chi connectivity index (χ2v) is 6.81. The second-order valence-electron chi connectivity index (χ2n) is 6.81. The Labute approximate surface area is 159 Å². The topological polar surface area (TPSA) is 44.8 Å². The van der Waals surface area contributed by atoms with Gasteiger partial charge < -0.3 is 10.1 Å². The SMILES string of the molecule is COc1ccc(CN2CCN([C@@H](C)C(=O)Nc3ccccc3F)CC2)cc1. The van der Waals surface area contributed by atoms with Crippen LogP contribution in [0.25, 0.3) is 0 Å². The zero-order valence-electron chi connectivity index (χ0n) is 15.8. The number of amides is 1. The van der Waals surface area contributed by atoms with E-state index in [1.807, 2.05) is 19.1 Å². The molecule has 1 N–H and O–H groups in total. The molecule has 5 nitrogen and oxygen atoms in total. The predicted molar refractivity (Wildman–Crippen MR) is 104 cm³/mol. The van der Waals surface area contributed by atoms with Gasteiger partial charge in [-0.3, -0.25) is 14.6 Å². The molecule has 1 amide bonds. The van der Waals surface area contributed by atoms with Gasteiger partial charge in [0.15, 0.2) is 0 Å². The molecular weight excluding hydrogens is 345 g/mol. The number of hydrogen-bond acceptors (Lipinski definition) is 4. The average Bonchev–Trinajstić information content (AvgIpc) is 2.70. The Morgan fingerprint density at radius 2 is 1.78 bits per heavy atom. The van der Waals surface area contributed by atoms with Gasteiger partial charge in [0.2, 0.25) is 5.91 Å². The molecule has 1 atom stereocenters. The van der Waals surface area contributed by atoms with E-state index in [9.17, 15) is 9.18 Å². The van der Waals surface area contributed by atoms with Gasteiger partial charge >= 0.3 is 0 Å². The minimum atomic E-state index is -0.414. The number of benzene rings is 2. The molecule has 1 heterocycles. The number of piperazine rings is 1. The molecule has 0 aromatic heterocycles. The molecule has 1 saturated heterocycles. The quantitative estimate of drug-likeness (QED) is 0.848. The molecule has 0 bridgehead atoms. The summed E-state index contributed by atoms with van der Waals surface area (Å²) in [5.41, 5.74) is 1.47. The van der Waals surface area contributed by atoms with Gasteiger partial charge in [-0.1, -0.05) is 24.3 Å². The first-order valence-corrected chi connectivity index (χ1v) is 9.21. The monoisotopic (exact) mass is 371 g/mol. The molecular formula is C21H26FN3O2. The lowest BCUT2D eigenvalue weighted by atomic mass is 10.1. The second kappa shape index (κ2) is 8.97. The third kappa shape index (κ3) is 5.05.